The van der Waals surface area contributed by atoms with Gasteiger partial charge < -0.3 is 16.1 Å². The lowest BCUT2D eigenvalue weighted by atomic mass is 10.0. The minimum atomic E-state index is -0.828. The molecule has 0 unspecified atom stereocenters. The molecule has 0 spiro atoms. The van der Waals surface area contributed by atoms with Gasteiger partial charge in [-0.05, 0) is 47.6 Å². The van der Waals surface area contributed by atoms with E-state index < -0.39 is 5.60 Å². The van der Waals surface area contributed by atoms with Gasteiger partial charge in [0.15, 0.2) is 5.78 Å². The van der Waals surface area contributed by atoms with E-state index in [2.05, 4.69) is 0 Å². The highest BCUT2D eigenvalue weighted by molar-refractivity contribution is 5.87. The van der Waals surface area contributed by atoms with Crippen molar-refractivity contribution >= 4 is 11.6 Å². The smallest absolute Gasteiger partial charge is 0.152 e. The van der Waals surface area contributed by atoms with Gasteiger partial charge in [0.25, 0.3) is 0 Å². The van der Waals surface area contributed by atoms with Crippen LogP contribution in [0.3, 0.4) is 0 Å². The summed E-state index contributed by atoms with van der Waals surface area (Å²) in [5.74, 6) is 0.150. The van der Waals surface area contributed by atoms with Crippen molar-refractivity contribution < 1.29 is 25.6 Å². The highest BCUT2D eigenvalue weighted by Gasteiger charge is 2.13. The summed E-state index contributed by atoms with van der Waals surface area (Å²) in [6, 6.07) is 0. The summed E-state index contributed by atoms with van der Waals surface area (Å²) in [5, 5.41) is 8.97. The zero-order valence-corrected chi connectivity index (χ0v) is 11.5. The van der Waals surface area contributed by atoms with E-state index in [1.165, 1.54) is 6.92 Å². The Morgan fingerprint density at radius 2 is 1.44 bits per heavy atom. The van der Waals surface area contributed by atoms with E-state index in [1.807, 2.05) is 13.8 Å². The molecule has 0 saturated carbocycles. The number of ketones is 2. The van der Waals surface area contributed by atoms with Crippen LogP contribution in [0.4, 0.5) is 0 Å². The van der Waals surface area contributed by atoms with Crippen molar-refractivity contribution in [1.82, 2.24) is 0 Å². The standard InChI is InChI=1S/C6H12O2.C6H10O.CH4.2H2O/c1-5(7)4-6(2,3)8;1-5(2)4-6(3)7;;;/h8H,4H2,1-3H3;4H,1-3H3;1H4;2*1H2/p-1. The average Bonchev–Trinajstić information content (AvgIpc) is 1.76. The first-order valence-electron chi connectivity index (χ1n) is 4.92. The van der Waals surface area contributed by atoms with Gasteiger partial charge in [0.2, 0.25) is 0 Å². The Balaban J connectivity index is -0.0000000540. The van der Waals surface area contributed by atoms with E-state index in [0.29, 0.717) is 0 Å². The van der Waals surface area contributed by atoms with E-state index in [4.69, 9.17) is 5.11 Å². The molecule has 0 aromatic heterocycles. The van der Waals surface area contributed by atoms with Crippen molar-refractivity contribution in [3.8, 4) is 0 Å². The average molecular weight is 265 g/mol. The predicted molar refractivity (Wildman–Crippen MR) is 74.0 cm³/mol. The van der Waals surface area contributed by atoms with Gasteiger partial charge in [-0.2, -0.15) is 0 Å². The molecule has 0 bridgehead atoms. The van der Waals surface area contributed by atoms with Crippen LogP contribution in [-0.2, 0) is 9.59 Å². The van der Waals surface area contributed by atoms with E-state index in [1.54, 1.807) is 26.8 Å². The predicted octanol–water partition coefficient (Wildman–Crippen LogP) is 1.91. The van der Waals surface area contributed by atoms with Gasteiger partial charge >= 0.3 is 0 Å². The molecule has 18 heavy (non-hydrogen) atoms. The van der Waals surface area contributed by atoms with Crippen LogP contribution in [0.1, 0.15) is 55.4 Å². The molecule has 0 heterocycles. The van der Waals surface area contributed by atoms with Crippen LogP contribution in [0.25, 0.3) is 0 Å². The Hall–Kier alpha value is -1.04. The van der Waals surface area contributed by atoms with Crippen LogP contribution < -0.4 is 0 Å². The molecule has 0 saturated heterocycles. The SMILES string of the molecule is C.CC(=O)C=C(C)C.CC(=O)CC(C)(C)O.O.[OH-]. The van der Waals surface area contributed by atoms with Crippen LogP contribution in [0, 0.1) is 0 Å². The molecule has 0 aromatic rings. The fraction of sp³-hybridized carbons (Fsp3) is 0.692. The van der Waals surface area contributed by atoms with Gasteiger partial charge in [0.05, 0.1) is 5.60 Å². The van der Waals surface area contributed by atoms with Crippen LogP contribution in [0.15, 0.2) is 11.6 Å². The van der Waals surface area contributed by atoms with E-state index >= 15 is 0 Å². The fourth-order valence-electron chi connectivity index (χ4n) is 1.02. The highest BCUT2D eigenvalue weighted by Crippen LogP contribution is 2.06. The minimum absolute atomic E-state index is 0. The Morgan fingerprint density at radius 3 is 1.44 bits per heavy atom. The summed E-state index contributed by atoms with van der Waals surface area (Å²) in [5.41, 5.74) is 0.235. The first kappa shape index (κ1) is 30.2. The third-order valence-corrected chi connectivity index (χ3v) is 1.17. The summed E-state index contributed by atoms with van der Waals surface area (Å²) < 4.78 is 0. The second-order valence-electron chi connectivity index (χ2n) is 4.52. The van der Waals surface area contributed by atoms with E-state index in [9.17, 15) is 9.59 Å². The van der Waals surface area contributed by atoms with Crippen molar-refractivity contribution in [3.63, 3.8) is 0 Å². The topological polar surface area (TPSA) is 116 Å². The first-order valence-corrected chi connectivity index (χ1v) is 4.92. The van der Waals surface area contributed by atoms with Crippen molar-refractivity contribution in [2.75, 3.05) is 0 Å². The normalized spacial score (nSPS) is 8.17. The van der Waals surface area contributed by atoms with Gasteiger partial charge in [-0.3, -0.25) is 9.59 Å². The Labute approximate surface area is 111 Å². The van der Waals surface area contributed by atoms with Crippen LogP contribution in [-0.4, -0.2) is 33.2 Å². The molecule has 0 amide bonds. The van der Waals surface area contributed by atoms with Crippen molar-refractivity contribution in [2.45, 2.75) is 61.0 Å². The maximum atomic E-state index is 10.3. The summed E-state index contributed by atoms with van der Waals surface area (Å²) >= 11 is 0. The van der Waals surface area contributed by atoms with Gasteiger partial charge in [-0.25, -0.2) is 0 Å². The molecular weight excluding hydrogens is 236 g/mol. The zero-order valence-electron chi connectivity index (χ0n) is 11.5. The van der Waals surface area contributed by atoms with Crippen LogP contribution in [0.5, 0.6) is 0 Å². The van der Waals surface area contributed by atoms with Crippen molar-refractivity contribution in [3.05, 3.63) is 11.6 Å². The fourth-order valence-corrected chi connectivity index (χ4v) is 1.02. The quantitative estimate of drug-likeness (QED) is 0.784. The molecule has 0 rings (SSSR count). The lowest BCUT2D eigenvalue weighted by Crippen LogP contribution is -2.21. The molecule has 5 heteroatoms. The number of carbonyl (C=O) groups excluding carboxylic acids is 2. The number of aliphatic hydroxyl groups is 1. The second-order valence-corrected chi connectivity index (χ2v) is 4.52. The number of allylic oxidation sites excluding steroid dienone is 2. The summed E-state index contributed by atoms with van der Waals surface area (Å²) in [4.78, 5) is 20.5. The molecule has 0 fully saturated rings. The monoisotopic (exact) mass is 265 g/mol. The molecule has 0 radical (unpaired) electrons. The molecule has 4 N–H and O–H groups in total. The third-order valence-electron chi connectivity index (χ3n) is 1.17. The Bertz CT molecular complexity index is 245. The van der Waals surface area contributed by atoms with Gasteiger partial charge in [-0.15, -0.1) is 0 Å². The highest BCUT2D eigenvalue weighted by atomic mass is 16.3. The molecule has 0 aliphatic rings. The number of hydrogen-bond acceptors (Lipinski definition) is 4. The van der Waals surface area contributed by atoms with E-state index in [-0.39, 0.29) is 36.4 Å². The zero-order chi connectivity index (χ0) is 12.6. The minimum Gasteiger partial charge on any atom is -0.870 e. The molecular formula is C13H29O5-. The summed E-state index contributed by atoms with van der Waals surface area (Å²) in [7, 11) is 0. The number of hydrogen-bond donors (Lipinski definition) is 1. The number of carbonyl (C=O) groups is 2. The third kappa shape index (κ3) is 46.0. The number of Topliss-reactive ketones (excluding diaryl/α,β-unsaturated/α-hetero) is 1. The second kappa shape index (κ2) is 14.0. The van der Waals surface area contributed by atoms with E-state index in [0.717, 1.165) is 5.57 Å². The van der Waals surface area contributed by atoms with Crippen molar-refractivity contribution in [1.29, 1.82) is 0 Å². The molecule has 0 aromatic carbocycles. The molecule has 0 aliphatic carbocycles. The molecule has 0 aliphatic heterocycles. The van der Waals surface area contributed by atoms with Gasteiger partial charge in [0, 0.05) is 6.42 Å². The van der Waals surface area contributed by atoms with Crippen LogP contribution >= 0.6 is 0 Å². The maximum Gasteiger partial charge on any atom is 0.152 e. The van der Waals surface area contributed by atoms with Crippen LogP contribution in [0.2, 0.25) is 0 Å². The van der Waals surface area contributed by atoms with Gasteiger partial charge in [-0.1, -0.05) is 13.0 Å². The lowest BCUT2D eigenvalue weighted by molar-refractivity contribution is -0.120. The molecule has 5 nitrogen and oxygen atoms in total. The van der Waals surface area contributed by atoms with Crippen molar-refractivity contribution in [2.24, 2.45) is 0 Å². The first-order chi connectivity index (χ1) is 6.54. The molecule has 112 valence electrons. The largest absolute Gasteiger partial charge is 0.870 e. The summed E-state index contributed by atoms with van der Waals surface area (Å²) in [6.45, 7) is 10.1. The van der Waals surface area contributed by atoms with Gasteiger partial charge in [0.1, 0.15) is 5.78 Å². The maximum absolute atomic E-state index is 10.3. The number of rotatable bonds is 3. The summed E-state index contributed by atoms with van der Waals surface area (Å²) in [6.07, 6.45) is 1.85. The Kier molecular flexibility index (Phi) is 23.5. The molecule has 0 atom stereocenters. The Morgan fingerprint density at radius 1 is 1.11 bits per heavy atom. The lowest BCUT2D eigenvalue weighted by Gasteiger charge is -2.13.